The highest BCUT2D eigenvalue weighted by molar-refractivity contribution is 5.74. The first-order valence-corrected chi connectivity index (χ1v) is 16.6. The fourth-order valence-electron chi connectivity index (χ4n) is 6.38. The third kappa shape index (κ3) is 8.73. The van der Waals surface area contributed by atoms with Gasteiger partial charge < -0.3 is 89.2 Å². The molecule has 4 rings (SSSR count). The van der Waals surface area contributed by atoms with Gasteiger partial charge in [0.25, 0.3) is 0 Å². The summed E-state index contributed by atoms with van der Waals surface area (Å²) in [4.78, 5) is 24.6. The molecule has 4 aliphatic rings. The van der Waals surface area contributed by atoms with E-state index in [9.17, 15) is 55.5 Å². The van der Waals surface area contributed by atoms with Crippen LogP contribution in [0.25, 0.3) is 0 Å². The normalized spacial score (nSPS) is 48.6. The van der Waals surface area contributed by atoms with Gasteiger partial charge in [-0.3, -0.25) is 4.79 Å². The number of rotatable bonds is 12. The molecule has 0 aromatic heterocycles. The van der Waals surface area contributed by atoms with Gasteiger partial charge in [-0.2, -0.15) is 0 Å². The van der Waals surface area contributed by atoms with E-state index < -0.39 is 141 Å². The maximum absolute atomic E-state index is 12.5. The van der Waals surface area contributed by atoms with Crippen molar-refractivity contribution in [3.8, 4) is 0 Å². The van der Waals surface area contributed by atoms with Gasteiger partial charge in [0.05, 0.1) is 24.9 Å². The van der Waals surface area contributed by atoms with Crippen LogP contribution in [0.4, 0.5) is 0 Å². The first-order valence-electron chi connectivity index (χ1n) is 16.6. The smallest absolute Gasteiger partial charge is 0.335 e. The minimum atomic E-state index is -2.11. The first kappa shape index (κ1) is 41.1. The minimum absolute atomic E-state index is 0.146. The molecule has 290 valence electrons. The molecule has 1 amide bonds. The van der Waals surface area contributed by atoms with Crippen molar-refractivity contribution in [1.29, 1.82) is 0 Å². The standard InChI is InChI=1S/C30H51NO19/c1-6-7-43-27-14(31-12(5)33)22(18(37)13(8-32)46-27)47-29-21(40)20(39)23(25(50-29)26(41)42)48-30-24(19(38)17(36)11(4)45-30)49-28-16(35)9(2)15(34)10(3)44-28/h9-11,13-25,27-30,32,34-40H,6-8H2,1-5H3,(H,31,33)(H,41,42)/t9?,10-,11-,13?,14?,15+,16?,17-,18-,19?,20+,21?,22+,23+,24?,25?,27+,28-,29+,30-/m0/s1. The summed E-state index contributed by atoms with van der Waals surface area (Å²) in [6.45, 7) is 6.84. The molecule has 20 atom stereocenters. The van der Waals surface area contributed by atoms with Crippen molar-refractivity contribution < 1.29 is 93.4 Å². The van der Waals surface area contributed by atoms with Crippen molar-refractivity contribution in [2.24, 2.45) is 5.92 Å². The lowest BCUT2D eigenvalue weighted by Gasteiger charge is -2.49. The highest BCUT2D eigenvalue weighted by Crippen LogP contribution is 2.35. The summed E-state index contributed by atoms with van der Waals surface area (Å²) in [5, 5.41) is 98.4. The predicted molar refractivity (Wildman–Crippen MR) is 160 cm³/mol. The summed E-state index contributed by atoms with van der Waals surface area (Å²) in [5.41, 5.74) is 0. The molecule has 4 aliphatic heterocycles. The number of aliphatic carboxylic acids is 1. The summed E-state index contributed by atoms with van der Waals surface area (Å²) in [5.74, 6) is -3.04. The van der Waals surface area contributed by atoms with Gasteiger partial charge in [0.2, 0.25) is 5.91 Å². The second-order valence-corrected chi connectivity index (χ2v) is 13.1. The molecule has 4 heterocycles. The van der Waals surface area contributed by atoms with E-state index in [1.165, 1.54) is 27.7 Å². The van der Waals surface area contributed by atoms with Gasteiger partial charge >= 0.3 is 5.97 Å². The van der Waals surface area contributed by atoms with E-state index in [-0.39, 0.29) is 6.61 Å². The van der Waals surface area contributed by atoms with Crippen LogP contribution < -0.4 is 5.32 Å². The topological polar surface area (TPSA) is 302 Å². The molecule has 50 heavy (non-hydrogen) atoms. The Kier molecular flexibility index (Phi) is 14.3. The molecule has 0 radical (unpaired) electrons. The number of ether oxygens (including phenoxy) is 8. The van der Waals surface area contributed by atoms with Gasteiger partial charge in [-0.1, -0.05) is 13.8 Å². The third-order valence-corrected chi connectivity index (χ3v) is 9.34. The zero-order chi connectivity index (χ0) is 37.2. The van der Waals surface area contributed by atoms with Crippen molar-refractivity contribution >= 4 is 11.9 Å². The largest absolute Gasteiger partial charge is 0.479 e. The molecule has 0 saturated carbocycles. The van der Waals surface area contributed by atoms with Gasteiger partial charge in [-0.25, -0.2) is 4.79 Å². The molecule has 0 aromatic carbocycles. The Hall–Kier alpha value is -1.70. The fraction of sp³-hybridized carbons (Fsp3) is 0.933. The van der Waals surface area contributed by atoms with E-state index in [1.54, 1.807) is 6.92 Å². The average molecular weight is 730 g/mol. The fourth-order valence-corrected chi connectivity index (χ4v) is 6.38. The summed E-state index contributed by atoms with van der Waals surface area (Å²) in [6, 6.07) is -1.26. The maximum Gasteiger partial charge on any atom is 0.335 e. The van der Waals surface area contributed by atoms with E-state index in [1.807, 2.05) is 0 Å². The number of amides is 1. The van der Waals surface area contributed by atoms with E-state index in [2.05, 4.69) is 5.32 Å². The molecular formula is C30H51NO19. The first-order chi connectivity index (χ1) is 23.5. The Balaban J connectivity index is 1.57. The summed E-state index contributed by atoms with van der Waals surface area (Å²) in [6.07, 6.45) is -28.1. The highest BCUT2D eigenvalue weighted by Gasteiger charge is 2.56. The lowest BCUT2D eigenvalue weighted by Crippen LogP contribution is -2.69. The summed E-state index contributed by atoms with van der Waals surface area (Å²) in [7, 11) is 0. The number of hydrogen-bond donors (Lipinski definition) is 10. The number of aliphatic hydroxyl groups excluding tert-OH is 8. The van der Waals surface area contributed by atoms with Gasteiger partial charge in [0, 0.05) is 19.4 Å². The summed E-state index contributed by atoms with van der Waals surface area (Å²) < 4.78 is 45.6. The molecule has 10 N–H and O–H groups in total. The van der Waals surface area contributed by atoms with E-state index in [4.69, 9.17) is 37.9 Å². The zero-order valence-corrected chi connectivity index (χ0v) is 28.3. The Bertz CT molecular complexity index is 1120. The zero-order valence-electron chi connectivity index (χ0n) is 28.3. The van der Waals surface area contributed by atoms with Crippen LogP contribution in [-0.4, -0.2) is 188 Å². The molecular weight excluding hydrogens is 678 g/mol. The van der Waals surface area contributed by atoms with Crippen molar-refractivity contribution in [1.82, 2.24) is 5.32 Å². The van der Waals surface area contributed by atoms with E-state index in [0.29, 0.717) is 6.42 Å². The maximum atomic E-state index is 12.5. The lowest BCUT2D eigenvalue weighted by atomic mass is 9.91. The van der Waals surface area contributed by atoms with Crippen LogP contribution in [0.3, 0.4) is 0 Å². The van der Waals surface area contributed by atoms with Crippen LogP contribution in [0.1, 0.15) is 41.0 Å². The molecule has 0 spiro atoms. The predicted octanol–water partition coefficient (Wildman–Crippen LogP) is -4.75. The number of hydrogen-bond acceptors (Lipinski definition) is 18. The second-order valence-electron chi connectivity index (χ2n) is 13.1. The second kappa shape index (κ2) is 17.4. The van der Waals surface area contributed by atoms with Crippen molar-refractivity contribution in [3.05, 3.63) is 0 Å². The monoisotopic (exact) mass is 729 g/mol. The van der Waals surface area contributed by atoms with Crippen LogP contribution in [-0.2, 0) is 47.5 Å². The quantitative estimate of drug-likeness (QED) is 0.0902. The van der Waals surface area contributed by atoms with Crippen molar-refractivity contribution in [2.45, 2.75) is 158 Å². The van der Waals surface area contributed by atoms with Gasteiger partial charge in [-0.15, -0.1) is 0 Å². The number of aliphatic hydroxyl groups is 8. The lowest BCUT2D eigenvalue weighted by molar-refractivity contribution is -0.385. The van der Waals surface area contributed by atoms with Crippen molar-refractivity contribution in [3.63, 3.8) is 0 Å². The molecule has 8 unspecified atom stereocenters. The minimum Gasteiger partial charge on any atom is -0.479 e. The Morgan fingerprint density at radius 1 is 0.660 bits per heavy atom. The van der Waals surface area contributed by atoms with E-state index >= 15 is 0 Å². The molecule has 0 bridgehead atoms. The number of carboxylic acid groups (broad SMARTS) is 1. The Labute approximate surface area is 287 Å². The number of carboxylic acids is 1. The molecule has 4 saturated heterocycles. The van der Waals surface area contributed by atoms with Crippen LogP contribution in [0, 0.1) is 5.92 Å². The SMILES string of the molecule is CCCO[C@@H]1OC(CO)[C@H](O)[C@H](O[C@@H]2OC(C(=O)O)[C@H](O[C@@H]3O[C@@H](C)[C@H](O)C(O)C3O[C@@H]3O[C@@H](C)[C@H](O)C(C)C3O)[C@H](O)C2O)C1NC(C)=O. The van der Waals surface area contributed by atoms with Gasteiger partial charge in [-0.05, 0) is 20.3 Å². The highest BCUT2D eigenvalue weighted by atomic mass is 16.8. The molecule has 4 fully saturated rings. The Morgan fingerprint density at radius 3 is 1.82 bits per heavy atom. The Morgan fingerprint density at radius 2 is 1.22 bits per heavy atom. The van der Waals surface area contributed by atoms with Crippen LogP contribution in [0.2, 0.25) is 0 Å². The van der Waals surface area contributed by atoms with E-state index in [0.717, 1.165) is 0 Å². The average Bonchev–Trinajstić information content (AvgIpc) is 3.06. The number of nitrogens with one attached hydrogen (secondary N) is 1. The van der Waals surface area contributed by atoms with Crippen LogP contribution in [0.15, 0.2) is 0 Å². The molecule has 20 nitrogen and oxygen atoms in total. The third-order valence-electron chi connectivity index (χ3n) is 9.34. The number of carbonyl (C=O) groups excluding carboxylic acids is 1. The summed E-state index contributed by atoms with van der Waals surface area (Å²) >= 11 is 0. The van der Waals surface area contributed by atoms with Gasteiger partial charge in [0.1, 0.15) is 67.1 Å². The van der Waals surface area contributed by atoms with Crippen LogP contribution in [0.5, 0.6) is 0 Å². The molecule has 0 aromatic rings. The van der Waals surface area contributed by atoms with Crippen molar-refractivity contribution in [2.75, 3.05) is 13.2 Å². The van der Waals surface area contributed by atoms with Gasteiger partial charge in [0.15, 0.2) is 31.3 Å². The molecule has 20 heteroatoms. The molecule has 0 aliphatic carbocycles. The van der Waals surface area contributed by atoms with Crippen LogP contribution >= 0.6 is 0 Å². The number of carbonyl (C=O) groups is 2.